The van der Waals surface area contributed by atoms with Crippen molar-refractivity contribution in [3.8, 4) is 0 Å². The number of hydrogen-bond acceptors (Lipinski definition) is 4. The zero-order valence-corrected chi connectivity index (χ0v) is 9.34. The van der Waals surface area contributed by atoms with Gasteiger partial charge in [-0.2, -0.15) is 0 Å². The van der Waals surface area contributed by atoms with E-state index in [2.05, 4.69) is 0 Å². The second kappa shape index (κ2) is 5.57. The highest BCUT2D eigenvalue weighted by Crippen LogP contribution is 1.94. The molecule has 1 N–H and O–H groups in total. The third kappa shape index (κ3) is 9.79. The van der Waals surface area contributed by atoms with Crippen molar-refractivity contribution in [2.45, 2.75) is 19.4 Å². The summed E-state index contributed by atoms with van der Waals surface area (Å²) in [6.07, 6.45) is 1.59. The van der Waals surface area contributed by atoms with Gasteiger partial charge in [-0.15, -0.1) is 0 Å². The number of aliphatic hydroxyl groups excluding tert-OH is 1. The first-order valence-corrected chi connectivity index (χ1v) is 6.41. The fourth-order valence-corrected chi connectivity index (χ4v) is 1.48. The van der Waals surface area contributed by atoms with E-state index < -0.39 is 9.84 Å². The van der Waals surface area contributed by atoms with E-state index in [0.29, 0.717) is 13.0 Å². The van der Waals surface area contributed by atoms with Crippen LogP contribution < -0.4 is 0 Å². The van der Waals surface area contributed by atoms with Crippen LogP contribution in [0.5, 0.6) is 0 Å². The van der Waals surface area contributed by atoms with E-state index in [4.69, 9.17) is 5.11 Å². The molecule has 0 amide bonds. The van der Waals surface area contributed by atoms with Crippen LogP contribution in [0.3, 0.4) is 0 Å². The second-order valence-corrected chi connectivity index (χ2v) is 5.83. The molecule has 0 bridgehead atoms. The highest BCUT2D eigenvalue weighted by molar-refractivity contribution is 7.90. The average molecular weight is 209 g/mol. The van der Waals surface area contributed by atoms with Crippen LogP contribution in [0.1, 0.15) is 13.3 Å². The number of hydrogen-bond donors (Lipinski definition) is 1. The predicted octanol–water partition coefficient (Wildman–Crippen LogP) is -0.266. The van der Waals surface area contributed by atoms with E-state index in [-0.39, 0.29) is 11.9 Å². The molecule has 5 heteroatoms. The molecule has 0 heterocycles. The van der Waals surface area contributed by atoms with Crippen molar-refractivity contribution in [3.05, 3.63) is 0 Å². The average Bonchev–Trinajstić information content (AvgIpc) is 1.95. The van der Waals surface area contributed by atoms with Crippen LogP contribution in [0, 0.1) is 0 Å². The van der Waals surface area contributed by atoms with E-state index >= 15 is 0 Å². The van der Waals surface area contributed by atoms with Crippen LogP contribution in [0.25, 0.3) is 0 Å². The summed E-state index contributed by atoms with van der Waals surface area (Å²) in [6.45, 7) is 2.99. The molecular formula is C8H19NO3S. The Labute approximate surface area is 80.5 Å². The first kappa shape index (κ1) is 12.9. The minimum atomic E-state index is -2.86. The maximum absolute atomic E-state index is 10.8. The molecule has 0 spiro atoms. The molecule has 4 nitrogen and oxygen atoms in total. The Kier molecular flexibility index (Phi) is 5.51. The van der Waals surface area contributed by atoms with Crippen molar-refractivity contribution in [1.82, 2.24) is 4.90 Å². The van der Waals surface area contributed by atoms with Crippen LogP contribution in [0.4, 0.5) is 0 Å². The molecule has 0 aliphatic heterocycles. The van der Waals surface area contributed by atoms with Gasteiger partial charge in [0.05, 0.1) is 11.9 Å². The van der Waals surface area contributed by atoms with E-state index in [9.17, 15) is 8.42 Å². The van der Waals surface area contributed by atoms with Gasteiger partial charge in [0.2, 0.25) is 0 Å². The second-order valence-electron chi connectivity index (χ2n) is 3.57. The first-order chi connectivity index (χ1) is 5.81. The highest BCUT2D eigenvalue weighted by atomic mass is 32.2. The normalized spacial score (nSPS) is 14.8. The van der Waals surface area contributed by atoms with Gasteiger partial charge in [-0.3, -0.25) is 0 Å². The van der Waals surface area contributed by atoms with Crippen LogP contribution in [-0.4, -0.2) is 56.7 Å². The van der Waals surface area contributed by atoms with Gasteiger partial charge >= 0.3 is 0 Å². The van der Waals surface area contributed by atoms with Gasteiger partial charge in [-0.1, -0.05) is 0 Å². The third-order valence-electron chi connectivity index (χ3n) is 1.77. The van der Waals surface area contributed by atoms with Gasteiger partial charge in [-0.05, 0) is 20.4 Å². The van der Waals surface area contributed by atoms with Gasteiger partial charge in [0.25, 0.3) is 0 Å². The number of aliphatic hydroxyl groups is 1. The molecule has 1 atom stereocenters. The summed E-state index contributed by atoms with van der Waals surface area (Å²) in [5.74, 6) is 0.184. The fraction of sp³-hybridized carbons (Fsp3) is 1.00. The molecule has 0 fully saturated rings. The monoisotopic (exact) mass is 209 g/mol. The van der Waals surface area contributed by atoms with Crippen molar-refractivity contribution < 1.29 is 13.5 Å². The van der Waals surface area contributed by atoms with E-state index in [1.54, 1.807) is 6.92 Å². The van der Waals surface area contributed by atoms with Crippen molar-refractivity contribution in [2.24, 2.45) is 0 Å². The molecule has 0 saturated carbocycles. The molecule has 13 heavy (non-hydrogen) atoms. The van der Waals surface area contributed by atoms with E-state index in [1.165, 1.54) is 6.26 Å². The Morgan fingerprint density at radius 3 is 2.31 bits per heavy atom. The number of rotatable bonds is 6. The van der Waals surface area contributed by atoms with Gasteiger partial charge in [-0.25, -0.2) is 8.42 Å². The Hall–Kier alpha value is -0.130. The van der Waals surface area contributed by atoms with Crippen LogP contribution in [-0.2, 0) is 9.84 Å². The number of sulfone groups is 1. The summed E-state index contributed by atoms with van der Waals surface area (Å²) < 4.78 is 21.6. The number of nitrogens with zero attached hydrogens (tertiary/aromatic N) is 1. The Morgan fingerprint density at radius 2 is 1.92 bits per heavy atom. The van der Waals surface area contributed by atoms with Crippen molar-refractivity contribution >= 4 is 9.84 Å². The molecule has 0 aromatic carbocycles. The molecule has 0 aliphatic carbocycles. The molecule has 80 valence electrons. The Morgan fingerprint density at radius 1 is 1.38 bits per heavy atom. The quantitative estimate of drug-likeness (QED) is 0.654. The van der Waals surface area contributed by atoms with Crippen molar-refractivity contribution in [1.29, 1.82) is 0 Å². The minimum absolute atomic E-state index is 0.184. The molecular weight excluding hydrogens is 190 g/mol. The van der Waals surface area contributed by atoms with Crippen LogP contribution >= 0.6 is 0 Å². The van der Waals surface area contributed by atoms with Crippen LogP contribution in [0.15, 0.2) is 0 Å². The molecule has 0 radical (unpaired) electrons. The summed E-state index contributed by atoms with van der Waals surface area (Å²) >= 11 is 0. The molecule has 0 saturated heterocycles. The van der Waals surface area contributed by atoms with E-state index in [0.717, 1.165) is 6.54 Å². The van der Waals surface area contributed by atoms with Gasteiger partial charge in [0, 0.05) is 19.3 Å². The Balaban J connectivity index is 3.58. The first-order valence-electron chi connectivity index (χ1n) is 4.35. The van der Waals surface area contributed by atoms with Crippen molar-refractivity contribution in [3.63, 3.8) is 0 Å². The summed E-state index contributed by atoms with van der Waals surface area (Å²) in [7, 11) is -1.01. The van der Waals surface area contributed by atoms with Gasteiger partial charge in [0.1, 0.15) is 9.84 Å². The maximum atomic E-state index is 10.8. The van der Waals surface area contributed by atoms with Crippen LogP contribution in [0.2, 0.25) is 0 Å². The predicted molar refractivity (Wildman–Crippen MR) is 53.5 cm³/mol. The summed E-state index contributed by atoms with van der Waals surface area (Å²) in [5.41, 5.74) is 0. The summed E-state index contributed by atoms with van der Waals surface area (Å²) in [6, 6.07) is 0. The molecule has 1 unspecified atom stereocenters. The molecule has 0 aromatic rings. The van der Waals surface area contributed by atoms with Crippen molar-refractivity contribution in [2.75, 3.05) is 32.1 Å². The minimum Gasteiger partial charge on any atom is -0.393 e. The summed E-state index contributed by atoms with van der Waals surface area (Å²) in [4.78, 5) is 1.91. The standard InChI is InChI=1S/C8H19NO3S/c1-8(10)4-5-9(2)6-7-13(3,11)12/h8,10H,4-7H2,1-3H3. The Bertz CT molecular complexity index is 224. The lowest BCUT2D eigenvalue weighted by molar-refractivity contribution is 0.166. The lowest BCUT2D eigenvalue weighted by Gasteiger charge is -2.16. The molecule has 0 rings (SSSR count). The summed E-state index contributed by atoms with van der Waals surface area (Å²) in [5, 5.41) is 8.98. The topological polar surface area (TPSA) is 57.6 Å². The lowest BCUT2D eigenvalue weighted by atomic mass is 10.3. The lowest BCUT2D eigenvalue weighted by Crippen LogP contribution is -2.27. The largest absolute Gasteiger partial charge is 0.393 e. The molecule has 0 aromatic heterocycles. The highest BCUT2D eigenvalue weighted by Gasteiger charge is 2.06. The zero-order valence-electron chi connectivity index (χ0n) is 8.52. The van der Waals surface area contributed by atoms with E-state index in [1.807, 2.05) is 11.9 Å². The smallest absolute Gasteiger partial charge is 0.148 e. The van der Waals surface area contributed by atoms with Gasteiger partial charge < -0.3 is 10.0 Å². The fourth-order valence-electron chi connectivity index (χ4n) is 0.841. The van der Waals surface area contributed by atoms with Gasteiger partial charge in [0.15, 0.2) is 0 Å². The SMILES string of the molecule is CC(O)CCN(C)CCS(C)(=O)=O. The third-order valence-corrected chi connectivity index (χ3v) is 2.70. The molecule has 0 aliphatic rings. The zero-order chi connectivity index (χ0) is 10.5. The maximum Gasteiger partial charge on any atom is 0.148 e.